The van der Waals surface area contributed by atoms with Crippen LogP contribution in [0, 0.1) is 0 Å². The quantitative estimate of drug-likeness (QED) is 0.631. The third kappa shape index (κ3) is 1.34. The van der Waals surface area contributed by atoms with E-state index in [0.717, 1.165) is 0 Å². The summed E-state index contributed by atoms with van der Waals surface area (Å²) >= 11 is 0. The molecule has 0 amide bonds. The van der Waals surface area contributed by atoms with Crippen LogP contribution in [0.5, 0.6) is 0 Å². The minimum atomic E-state index is -1.52. The first-order valence-corrected chi connectivity index (χ1v) is 4.10. The van der Waals surface area contributed by atoms with Crippen molar-refractivity contribution in [3.05, 3.63) is 30.1 Å². The lowest BCUT2D eigenvalue weighted by atomic mass is 10.1. The standard InChI is InChI=1S/C10H14N2/c1-12-7-3-5-10(12)9-4-2-6-11-8-9/h2,4,6,8,10H,3,5,7H2,1H3/i5D2,10D. The monoisotopic (exact) mass is 165 g/mol. The molecular weight excluding hydrogens is 148 g/mol. The van der Waals surface area contributed by atoms with Gasteiger partial charge in [0.2, 0.25) is 0 Å². The Balaban J connectivity index is 2.49. The lowest BCUT2D eigenvalue weighted by molar-refractivity contribution is 0.317. The van der Waals surface area contributed by atoms with Crippen molar-refractivity contribution in [2.24, 2.45) is 0 Å². The van der Waals surface area contributed by atoms with Gasteiger partial charge in [-0.05, 0) is 38.0 Å². The molecule has 1 aromatic heterocycles. The summed E-state index contributed by atoms with van der Waals surface area (Å²) < 4.78 is 24.2. The van der Waals surface area contributed by atoms with E-state index in [-0.39, 0.29) is 0 Å². The van der Waals surface area contributed by atoms with Gasteiger partial charge >= 0.3 is 0 Å². The van der Waals surface area contributed by atoms with Crippen LogP contribution in [0.2, 0.25) is 0 Å². The van der Waals surface area contributed by atoms with Crippen LogP contribution in [0.25, 0.3) is 0 Å². The molecule has 0 aromatic carbocycles. The number of nitrogens with zero attached hydrogens (tertiary/aromatic N) is 2. The van der Waals surface area contributed by atoms with Gasteiger partial charge in [0.1, 0.15) is 0 Å². The summed E-state index contributed by atoms with van der Waals surface area (Å²) in [7, 11) is 1.78. The van der Waals surface area contributed by atoms with Gasteiger partial charge in [-0.15, -0.1) is 0 Å². The van der Waals surface area contributed by atoms with E-state index in [4.69, 9.17) is 4.11 Å². The number of rotatable bonds is 1. The van der Waals surface area contributed by atoms with Gasteiger partial charge in [0.15, 0.2) is 0 Å². The average Bonchev–Trinajstić information content (AvgIpc) is 2.44. The molecule has 1 fully saturated rings. The Morgan fingerprint density at radius 3 is 3.33 bits per heavy atom. The second-order valence-corrected chi connectivity index (χ2v) is 2.94. The van der Waals surface area contributed by atoms with E-state index in [1.165, 1.54) is 0 Å². The molecule has 1 aliphatic heterocycles. The highest BCUT2D eigenvalue weighted by atomic mass is 15.1. The maximum atomic E-state index is 8.34. The summed E-state index contributed by atoms with van der Waals surface area (Å²) in [6.07, 6.45) is 2.08. The normalized spacial score (nSPS) is 38.6. The van der Waals surface area contributed by atoms with Gasteiger partial charge in [0, 0.05) is 21.2 Å². The van der Waals surface area contributed by atoms with Gasteiger partial charge in [-0.3, -0.25) is 9.88 Å². The fourth-order valence-electron chi connectivity index (χ4n) is 1.41. The van der Waals surface area contributed by atoms with Crippen LogP contribution in [-0.4, -0.2) is 23.5 Å². The van der Waals surface area contributed by atoms with Crippen molar-refractivity contribution in [3.8, 4) is 0 Å². The lowest BCUT2D eigenvalue weighted by Gasteiger charge is -2.18. The van der Waals surface area contributed by atoms with Gasteiger partial charge in [-0.1, -0.05) is 6.07 Å². The van der Waals surface area contributed by atoms with Crippen LogP contribution in [0.4, 0.5) is 0 Å². The van der Waals surface area contributed by atoms with E-state index < -0.39 is 12.4 Å². The fourth-order valence-corrected chi connectivity index (χ4v) is 1.41. The Morgan fingerprint density at radius 2 is 2.75 bits per heavy atom. The van der Waals surface area contributed by atoms with Crippen molar-refractivity contribution < 1.29 is 4.11 Å². The Bertz CT molecular complexity index is 355. The van der Waals surface area contributed by atoms with Gasteiger partial charge in [0.25, 0.3) is 0 Å². The first kappa shape index (κ1) is 4.97. The van der Waals surface area contributed by atoms with Crippen LogP contribution >= 0.6 is 0 Å². The molecule has 0 N–H and O–H groups in total. The molecule has 1 saturated heterocycles. The molecule has 64 valence electrons. The lowest BCUT2D eigenvalue weighted by Crippen LogP contribution is -2.17. The predicted molar refractivity (Wildman–Crippen MR) is 48.8 cm³/mol. The molecule has 0 spiro atoms. The van der Waals surface area contributed by atoms with Crippen molar-refractivity contribution in [2.75, 3.05) is 13.6 Å². The van der Waals surface area contributed by atoms with Gasteiger partial charge in [0.05, 0.1) is 1.37 Å². The first-order valence-electron chi connectivity index (χ1n) is 5.60. The van der Waals surface area contributed by atoms with Crippen molar-refractivity contribution in [3.63, 3.8) is 0 Å². The molecule has 0 saturated carbocycles. The van der Waals surface area contributed by atoms with Crippen LogP contribution in [0.1, 0.15) is 28.5 Å². The van der Waals surface area contributed by atoms with Crippen molar-refractivity contribution >= 4 is 0 Å². The Hall–Kier alpha value is -0.890. The molecule has 1 unspecified atom stereocenters. The zero-order valence-electron chi connectivity index (χ0n) is 10.1. The second kappa shape index (κ2) is 3.23. The first-order chi connectivity index (χ1) is 6.98. The third-order valence-corrected chi connectivity index (χ3v) is 2.06. The zero-order valence-corrected chi connectivity index (χ0v) is 7.12. The maximum Gasteiger partial charge on any atom is 0.0519 e. The summed E-state index contributed by atoms with van der Waals surface area (Å²) in [4.78, 5) is 5.70. The molecule has 0 radical (unpaired) electrons. The zero-order chi connectivity index (χ0) is 11.1. The van der Waals surface area contributed by atoms with E-state index in [9.17, 15) is 0 Å². The molecule has 2 heteroatoms. The van der Waals surface area contributed by atoms with E-state index >= 15 is 0 Å². The van der Waals surface area contributed by atoms with Crippen molar-refractivity contribution in [2.45, 2.75) is 18.8 Å². The smallest absolute Gasteiger partial charge is 0.0519 e. The minimum Gasteiger partial charge on any atom is -0.299 e. The molecule has 1 aliphatic rings. The van der Waals surface area contributed by atoms with E-state index in [1.54, 1.807) is 36.5 Å². The Morgan fingerprint density at radius 1 is 1.83 bits per heavy atom. The van der Waals surface area contributed by atoms with Gasteiger partial charge in [-0.25, -0.2) is 0 Å². The minimum absolute atomic E-state index is 0.391. The molecule has 1 atom stereocenters. The molecular formula is C10H14N2. The summed E-state index contributed by atoms with van der Waals surface area (Å²) in [5, 5.41) is 0. The maximum absolute atomic E-state index is 8.34. The Labute approximate surface area is 77.4 Å². The second-order valence-electron chi connectivity index (χ2n) is 2.94. The van der Waals surface area contributed by atoms with E-state index in [1.807, 2.05) is 0 Å². The Kier molecular flexibility index (Phi) is 1.34. The fraction of sp³-hybridized carbons (Fsp3) is 0.500. The van der Waals surface area contributed by atoms with Crippen molar-refractivity contribution in [1.82, 2.24) is 9.88 Å². The summed E-state index contributed by atoms with van der Waals surface area (Å²) in [5.41, 5.74) is 0.620. The highest BCUT2D eigenvalue weighted by molar-refractivity contribution is 5.14. The highest BCUT2D eigenvalue weighted by Crippen LogP contribution is 2.29. The third-order valence-electron chi connectivity index (χ3n) is 2.06. The van der Waals surface area contributed by atoms with Crippen molar-refractivity contribution in [1.29, 1.82) is 0 Å². The number of pyridine rings is 1. The average molecular weight is 165 g/mol. The van der Waals surface area contributed by atoms with Crippen LogP contribution in [-0.2, 0) is 0 Å². The van der Waals surface area contributed by atoms with Crippen LogP contribution < -0.4 is 0 Å². The van der Waals surface area contributed by atoms with Crippen LogP contribution in [0.15, 0.2) is 24.5 Å². The van der Waals surface area contributed by atoms with Gasteiger partial charge < -0.3 is 0 Å². The van der Waals surface area contributed by atoms with E-state index in [2.05, 4.69) is 4.98 Å². The number of aromatic nitrogens is 1. The highest BCUT2D eigenvalue weighted by Gasteiger charge is 2.21. The molecule has 12 heavy (non-hydrogen) atoms. The molecule has 0 bridgehead atoms. The number of hydrogen-bond donors (Lipinski definition) is 0. The summed E-state index contributed by atoms with van der Waals surface area (Å²) in [5.74, 6) is 0. The molecule has 1 aromatic rings. The molecule has 2 heterocycles. The van der Waals surface area contributed by atoms with E-state index in [0.29, 0.717) is 18.5 Å². The van der Waals surface area contributed by atoms with Gasteiger partial charge in [-0.2, -0.15) is 0 Å². The topological polar surface area (TPSA) is 16.1 Å². The summed E-state index contributed by atoms with van der Waals surface area (Å²) in [6, 6.07) is 2.20. The van der Waals surface area contributed by atoms with Crippen LogP contribution in [0.3, 0.4) is 0 Å². The predicted octanol–water partition coefficient (Wildman–Crippen LogP) is 1.85. The molecule has 2 rings (SSSR count). The largest absolute Gasteiger partial charge is 0.299 e. The summed E-state index contributed by atoms with van der Waals surface area (Å²) in [6.45, 7) is 0.603. The number of likely N-dealkylation sites (tertiary alicyclic amines) is 1. The SMILES string of the molecule is [2H]C1([2H])CCN(C)C1([2H])c1cccnc1. The number of hydrogen-bond acceptors (Lipinski definition) is 2. The molecule has 2 nitrogen and oxygen atoms in total. The molecule has 0 aliphatic carbocycles.